The highest BCUT2D eigenvalue weighted by molar-refractivity contribution is 5.93. The Bertz CT molecular complexity index is 498. The molecule has 0 saturated heterocycles. The highest BCUT2D eigenvalue weighted by atomic mass is 16.1. The molecule has 2 aromatic rings. The van der Waals surface area contributed by atoms with Gasteiger partial charge in [-0.15, -0.1) is 0 Å². The van der Waals surface area contributed by atoms with E-state index < -0.39 is 0 Å². The Balaban J connectivity index is 0. The second-order valence-electron chi connectivity index (χ2n) is 4.22. The maximum Gasteiger partial charge on any atom is 0.155 e. The van der Waals surface area contributed by atoms with Crippen LogP contribution in [0.2, 0.25) is 0 Å². The molecular weight excluding hydrogens is 268 g/mol. The Kier molecular flexibility index (Phi) is 15.3. The Labute approximate surface area is 136 Å². The van der Waals surface area contributed by atoms with Gasteiger partial charge in [-0.25, -0.2) is 0 Å². The summed E-state index contributed by atoms with van der Waals surface area (Å²) >= 11 is 0. The smallest absolute Gasteiger partial charge is 0.155 e. The van der Waals surface area contributed by atoms with Gasteiger partial charge in [0.2, 0.25) is 0 Å². The summed E-state index contributed by atoms with van der Waals surface area (Å²) in [7, 11) is 0. The molecule has 0 unspecified atom stereocenters. The number of ketones is 1. The van der Waals surface area contributed by atoms with Crippen molar-refractivity contribution in [2.75, 3.05) is 0 Å². The fourth-order valence-corrected chi connectivity index (χ4v) is 1.41. The number of aryl methyl sites for hydroxylation is 1. The van der Waals surface area contributed by atoms with E-state index >= 15 is 0 Å². The zero-order valence-electron chi connectivity index (χ0n) is 13.5. The summed E-state index contributed by atoms with van der Waals surface area (Å²) in [6, 6.07) is 20.1. The fourth-order valence-electron chi connectivity index (χ4n) is 1.41. The van der Waals surface area contributed by atoms with Crippen LogP contribution >= 0.6 is 0 Å². The van der Waals surface area contributed by atoms with Crippen LogP contribution in [0.1, 0.15) is 45.7 Å². The van der Waals surface area contributed by atoms with Gasteiger partial charge < -0.3 is 0 Å². The second kappa shape index (κ2) is 15.2. The topological polar surface area (TPSA) is 17.1 Å². The third-order valence-electron chi connectivity index (χ3n) is 2.55. The van der Waals surface area contributed by atoms with E-state index in [1.165, 1.54) is 5.56 Å². The molecule has 2 rings (SSSR count). The maximum atomic E-state index is 10.9. The number of hydrogen-bond acceptors (Lipinski definition) is 1. The molecule has 0 aromatic heterocycles. The van der Waals surface area contributed by atoms with Crippen molar-refractivity contribution >= 4 is 11.9 Å². The summed E-state index contributed by atoms with van der Waals surface area (Å²) in [6.45, 7) is 7.94. The van der Waals surface area contributed by atoms with Crippen molar-refractivity contribution in [2.24, 2.45) is 0 Å². The van der Waals surface area contributed by atoms with E-state index in [4.69, 9.17) is 0 Å². The number of carbonyl (C=O) groups is 1. The Hall–Kier alpha value is -2.15. The molecule has 0 atom stereocenters. The van der Waals surface area contributed by atoms with Crippen molar-refractivity contribution in [3.8, 4) is 0 Å². The second-order valence-corrected chi connectivity index (χ2v) is 4.22. The van der Waals surface area contributed by atoms with Crippen LogP contribution in [-0.4, -0.2) is 5.78 Å². The lowest BCUT2D eigenvalue weighted by atomic mass is 10.2. The molecule has 1 heteroatoms. The van der Waals surface area contributed by atoms with Crippen LogP contribution in [0.5, 0.6) is 0 Å². The molecule has 0 heterocycles. The largest absolute Gasteiger partial charge is 0.295 e. The Morgan fingerprint density at radius 3 is 1.73 bits per heavy atom. The van der Waals surface area contributed by atoms with Crippen molar-refractivity contribution in [1.29, 1.82) is 0 Å². The zero-order chi connectivity index (χ0) is 15.9. The molecule has 0 aliphatic heterocycles. The molecule has 0 fully saturated rings. The summed E-state index contributed by atoms with van der Waals surface area (Å²) in [4.78, 5) is 10.9. The van der Waals surface area contributed by atoms with Gasteiger partial charge in [0.15, 0.2) is 5.78 Å². The first-order valence-corrected chi connectivity index (χ1v) is 7.50. The van der Waals surface area contributed by atoms with Gasteiger partial charge in [-0.2, -0.15) is 0 Å². The van der Waals surface area contributed by atoms with Crippen LogP contribution < -0.4 is 0 Å². The van der Waals surface area contributed by atoms with Gasteiger partial charge in [-0.05, 0) is 18.6 Å². The van der Waals surface area contributed by atoms with Gasteiger partial charge in [0.1, 0.15) is 0 Å². The van der Waals surface area contributed by atoms with Crippen molar-refractivity contribution in [3.05, 3.63) is 77.9 Å². The molecule has 0 bridgehead atoms. The van der Waals surface area contributed by atoms with Crippen LogP contribution in [0.4, 0.5) is 0 Å². The molecule has 0 amide bonds. The van der Waals surface area contributed by atoms with E-state index in [2.05, 4.69) is 19.1 Å². The van der Waals surface area contributed by atoms with E-state index in [0.717, 1.165) is 5.56 Å². The zero-order valence-corrected chi connectivity index (χ0v) is 13.5. The maximum absolute atomic E-state index is 10.9. The minimum Gasteiger partial charge on any atom is -0.295 e. The quantitative estimate of drug-likeness (QED) is 0.604. The Morgan fingerprint density at radius 1 is 0.909 bits per heavy atom. The Morgan fingerprint density at radius 2 is 1.36 bits per heavy atom. The van der Waals surface area contributed by atoms with Crippen molar-refractivity contribution in [2.45, 2.75) is 41.5 Å². The van der Waals surface area contributed by atoms with Crippen LogP contribution in [-0.2, 0) is 4.79 Å². The molecule has 22 heavy (non-hydrogen) atoms. The molecule has 2 aromatic carbocycles. The predicted octanol–water partition coefficient (Wildman–Crippen LogP) is 6.34. The number of benzene rings is 2. The van der Waals surface area contributed by atoms with Gasteiger partial charge in [0.25, 0.3) is 0 Å². The van der Waals surface area contributed by atoms with Gasteiger partial charge >= 0.3 is 0 Å². The van der Waals surface area contributed by atoms with E-state index in [0.29, 0.717) is 6.42 Å². The van der Waals surface area contributed by atoms with E-state index in [-0.39, 0.29) is 13.2 Å². The average molecular weight is 298 g/mol. The fraction of sp³-hybridized carbons (Fsp3) is 0.286. The standard InChI is InChI=1S/C11H12O.C7H8.C2H6.CH4/c1-2-11(12)9-8-10-6-4-3-5-7-10;1-7-5-3-2-4-6-7;1-2;/h3-9H,2H2,1H3;2-6H,1H3;1-2H3;1H4/b9-8+;;;. The van der Waals surface area contributed by atoms with E-state index in [1.54, 1.807) is 6.08 Å². The van der Waals surface area contributed by atoms with E-state index in [1.807, 2.05) is 75.4 Å². The molecule has 0 N–H and O–H groups in total. The molecule has 0 radical (unpaired) electrons. The highest BCUT2D eigenvalue weighted by Crippen LogP contribution is 2.01. The molecule has 120 valence electrons. The summed E-state index contributed by atoms with van der Waals surface area (Å²) in [6.07, 6.45) is 4.03. The third-order valence-corrected chi connectivity index (χ3v) is 2.55. The summed E-state index contributed by atoms with van der Waals surface area (Å²) in [5, 5.41) is 0. The van der Waals surface area contributed by atoms with Gasteiger partial charge in [0, 0.05) is 6.42 Å². The van der Waals surface area contributed by atoms with Crippen LogP contribution in [0.25, 0.3) is 6.08 Å². The predicted molar refractivity (Wildman–Crippen MR) is 100 cm³/mol. The number of allylic oxidation sites excluding steroid dienone is 1. The first-order valence-electron chi connectivity index (χ1n) is 7.50. The van der Waals surface area contributed by atoms with Gasteiger partial charge in [-0.1, -0.05) is 101 Å². The average Bonchev–Trinajstić information content (AvgIpc) is 2.57. The number of rotatable bonds is 3. The molecular formula is C21H30O. The van der Waals surface area contributed by atoms with Crippen LogP contribution in [0.3, 0.4) is 0 Å². The minimum atomic E-state index is 0. The number of carbonyl (C=O) groups excluding carboxylic acids is 1. The lowest BCUT2D eigenvalue weighted by Crippen LogP contribution is -1.86. The summed E-state index contributed by atoms with van der Waals surface area (Å²) in [5.74, 6) is 0.166. The first kappa shape index (κ1) is 22.1. The lowest BCUT2D eigenvalue weighted by Gasteiger charge is -1.89. The lowest BCUT2D eigenvalue weighted by molar-refractivity contribution is -0.114. The van der Waals surface area contributed by atoms with E-state index in [9.17, 15) is 4.79 Å². The van der Waals surface area contributed by atoms with Gasteiger partial charge in [-0.3, -0.25) is 4.79 Å². The highest BCUT2D eigenvalue weighted by Gasteiger charge is 1.88. The van der Waals surface area contributed by atoms with Crippen molar-refractivity contribution in [3.63, 3.8) is 0 Å². The molecule has 0 aliphatic rings. The summed E-state index contributed by atoms with van der Waals surface area (Å²) < 4.78 is 0. The summed E-state index contributed by atoms with van der Waals surface area (Å²) in [5.41, 5.74) is 2.39. The van der Waals surface area contributed by atoms with Crippen LogP contribution in [0, 0.1) is 6.92 Å². The van der Waals surface area contributed by atoms with Gasteiger partial charge in [0.05, 0.1) is 0 Å². The molecule has 0 aliphatic carbocycles. The molecule has 0 saturated carbocycles. The molecule has 0 spiro atoms. The molecule has 1 nitrogen and oxygen atoms in total. The SMILES string of the molecule is C.CC.CCC(=O)/C=C/c1ccccc1.Cc1ccccc1. The van der Waals surface area contributed by atoms with Crippen LogP contribution in [0.15, 0.2) is 66.7 Å². The normalized spacial score (nSPS) is 8.73. The first-order chi connectivity index (χ1) is 10.2. The van der Waals surface area contributed by atoms with Crippen molar-refractivity contribution in [1.82, 2.24) is 0 Å². The third kappa shape index (κ3) is 11.7. The minimum absolute atomic E-state index is 0. The van der Waals surface area contributed by atoms with Crippen molar-refractivity contribution < 1.29 is 4.79 Å². The monoisotopic (exact) mass is 298 g/mol. The number of hydrogen-bond donors (Lipinski definition) is 0.